The molecule has 0 saturated heterocycles. The van der Waals surface area contributed by atoms with Gasteiger partial charge in [0.05, 0.1) is 5.69 Å². The molecule has 0 atom stereocenters. The molecule has 1 aromatic rings. The molecule has 1 rings (SSSR count). The Bertz CT molecular complexity index is 410. The van der Waals surface area contributed by atoms with Gasteiger partial charge in [0.15, 0.2) is 5.78 Å². The third-order valence-electron chi connectivity index (χ3n) is 2.79. The van der Waals surface area contributed by atoms with E-state index >= 15 is 0 Å². The van der Waals surface area contributed by atoms with Crippen LogP contribution in [0.2, 0.25) is 5.15 Å². The minimum absolute atomic E-state index is 0.00648. The van der Waals surface area contributed by atoms with Crippen molar-refractivity contribution in [3.8, 4) is 0 Å². The molecule has 0 saturated carbocycles. The van der Waals surface area contributed by atoms with Crippen LogP contribution in [0.15, 0.2) is 0 Å². The van der Waals surface area contributed by atoms with Crippen molar-refractivity contribution in [3.63, 3.8) is 0 Å². The van der Waals surface area contributed by atoms with Gasteiger partial charge in [-0.15, -0.1) is 0 Å². The maximum absolute atomic E-state index is 12.0. The zero-order valence-electron chi connectivity index (χ0n) is 10.3. The fraction of sp³-hybridized carbons (Fsp3) is 0.636. The van der Waals surface area contributed by atoms with Gasteiger partial charge in [-0.2, -0.15) is 5.10 Å². The summed E-state index contributed by atoms with van der Waals surface area (Å²) in [5.74, 6) is -0.00648. The van der Waals surface area contributed by atoms with Crippen molar-refractivity contribution in [2.75, 3.05) is 7.11 Å². The molecule has 1 aromatic heterocycles. The van der Waals surface area contributed by atoms with E-state index in [4.69, 9.17) is 16.3 Å². The Hall–Kier alpha value is -0.870. The number of carbonyl (C=O) groups is 1. The van der Waals surface area contributed by atoms with Gasteiger partial charge in [0, 0.05) is 26.1 Å². The second-order valence-electron chi connectivity index (χ2n) is 4.29. The van der Waals surface area contributed by atoms with Gasteiger partial charge in [-0.1, -0.05) is 11.6 Å². The summed E-state index contributed by atoms with van der Waals surface area (Å²) in [7, 11) is 3.28. The van der Waals surface area contributed by atoms with Crippen molar-refractivity contribution >= 4 is 17.4 Å². The van der Waals surface area contributed by atoms with Crippen LogP contribution >= 0.6 is 11.6 Å². The van der Waals surface area contributed by atoms with Gasteiger partial charge >= 0.3 is 0 Å². The largest absolute Gasteiger partial charge is 0.371 e. The summed E-state index contributed by atoms with van der Waals surface area (Å²) in [5.41, 5.74) is 0.776. The number of hydrogen-bond acceptors (Lipinski definition) is 3. The summed E-state index contributed by atoms with van der Waals surface area (Å²) in [6.45, 7) is 5.33. The predicted octanol–water partition coefficient (Wildman–Crippen LogP) is 1.92. The first kappa shape index (κ1) is 13.2. The van der Waals surface area contributed by atoms with Crippen LogP contribution < -0.4 is 0 Å². The number of aromatic nitrogens is 2. The number of methoxy groups -OCH3 is 1. The second kappa shape index (κ2) is 4.55. The zero-order valence-corrected chi connectivity index (χ0v) is 11.1. The normalized spacial score (nSPS) is 11.9. The Labute approximate surface area is 101 Å². The fourth-order valence-electron chi connectivity index (χ4n) is 1.36. The molecule has 0 amide bonds. The Morgan fingerprint density at radius 1 is 1.56 bits per heavy atom. The van der Waals surface area contributed by atoms with Gasteiger partial charge in [0.2, 0.25) is 0 Å². The van der Waals surface area contributed by atoms with E-state index in [-0.39, 0.29) is 12.2 Å². The minimum Gasteiger partial charge on any atom is -0.371 e. The van der Waals surface area contributed by atoms with Crippen molar-refractivity contribution in [3.05, 3.63) is 16.4 Å². The summed E-state index contributed by atoms with van der Waals surface area (Å²) < 4.78 is 6.71. The number of hydrogen-bond donors (Lipinski definition) is 0. The second-order valence-corrected chi connectivity index (χ2v) is 4.65. The van der Waals surface area contributed by atoms with Crippen LogP contribution in [0.25, 0.3) is 0 Å². The molecule has 90 valence electrons. The summed E-state index contributed by atoms with van der Waals surface area (Å²) >= 11 is 6.06. The molecule has 0 aliphatic heterocycles. The highest BCUT2D eigenvalue weighted by molar-refractivity contribution is 6.30. The SMILES string of the molecule is COC(C)(C)C(=O)Cc1c(C)nn(C)c1Cl. The molecular formula is C11H17ClN2O2. The first-order chi connectivity index (χ1) is 7.29. The number of halogens is 1. The van der Waals surface area contributed by atoms with Crippen molar-refractivity contribution in [2.24, 2.45) is 7.05 Å². The summed E-state index contributed by atoms with van der Waals surface area (Å²) in [4.78, 5) is 12.0. The third-order valence-corrected chi connectivity index (χ3v) is 3.26. The molecular weight excluding hydrogens is 228 g/mol. The average molecular weight is 245 g/mol. The molecule has 1 heterocycles. The number of nitrogens with zero attached hydrogens (tertiary/aromatic N) is 2. The van der Waals surface area contributed by atoms with E-state index in [0.717, 1.165) is 11.3 Å². The van der Waals surface area contributed by atoms with Gasteiger partial charge in [0.25, 0.3) is 0 Å². The minimum atomic E-state index is -0.786. The standard InChI is InChI=1S/C11H17ClN2O2/c1-7-8(10(12)14(4)13-7)6-9(15)11(2,3)16-5/h6H2,1-5H3. The van der Waals surface area contributed by atoms with E-state index in [1.54, 1.807) is 25.6 Å². The summed E-state index contributed by atoms with van der Waals surface area (Å²) in [5, 5.41) is 4.68. The van der Waals surface area contributed by atoms with E-state index < -0.39 is 5.60 Å². The molecule has 0 bridgehead atoms. The predicted molar refractivity (Wildman–Crippen MR) is 62.8 cm³/mol. The van der Waals surface area contributed by atoms with Crippen molar-refractivity contribution in [1.82, 2.24) is 9.78 Å². The molecule has 0 spiro atoms. The molecule has 5 heteroatoms. The van der Waals surface area contributed by atoms with Crippen LogP contribution in [0.5, 0.6) is 0 Å². The van der Waals surface area contributed by atoms with E-state index in [9.17, 15) is 4.79 Å². The smallest absolute Gasteiger partial charge is 0.168 e. The molecule has 0 N–H and O–H groups in total. The Kier molecular flexibility index (Phi) is 3.76. The topological polar surface area (TPSA) is 44.1 Å². The van der Waals surface area contributed by atoms with Crippen molar-refractivity contribution in [2.45, 2.75) is 32.8 Å². The summed E-state index contributed by atoms with van der Waals surface area (Å²) in [6, 6.07) is 0. The number of ether oxygens (including phenoxy) is 1. The monoisotopic (exact) mass is 244 g/mol. The van der Waals surface area contributed by atoms with Crippen LogP contribution in [0, 0.1) is 6.92 Å². The highest BCUT2D eigenvalue weighted by atomic mass is 35.5. The maximum Gasteiger partial charge on any atom is 0.168 e. The van der Waals surface area contributed by atoms with E-state index in [1.807, 2.05) is 6.92 Å². The first-order valence-corrected chi connectivity index (χ1v) is 5.43. The van der Waals surface area contributed by atoms with Gasteiger partial charge in [0.1, 0.15) is 10.8 Å². The molecule has 0 aliphatic carbocycles. The van der Waals surface area contributed by atoms with Crippen LogP contribution in [0.1, 0.15) is 25.1 Å². The van der Waals surface area contributed by atoms with Crippen LogP contribution in [0.3, 0.4) is 0 Å². The van der Waals surface area contributed by atoms with E-state index in [2.05, 4.69) is 5.10 Å². The molecule has 0 radical (unpaired) electrons. The lowest BCUT2D eigenvalue weighted by atomic mass is 9.97. The Morgan fingerprint density at radius 3 is 2.50 bits per heavy atom. The fourth-order valence-corrected chi connectivity index (χ4v) is 1.60. The van der Waals surface area contributed by atoms with Crippen LogP contribution in [-0.2, 0) is 23.0 Å². The van der Waals surface area contributed by atoms with E-state index in [0.29, 0.717) is 5.15 Å². The van der Waals surface area contributed by atoms with Crippen LogP contribution in [0.4, 0.5) is 0 Å². The molecule has 16 heavy (non-hydrogen) atoms. The number of rotatable bonds is 4. The number of ketones is 1. The summed E-state index contributed by atoms with van der Waals surface area (Å²) in [6.07, 6.45) is 0.249. The number of Topliss-reactive ketones (excluding diaryl/α,β-unsaturated/α-hetero) is 1. The van der Waals surface area contributed by atoms with Crippen LogP contribution in [-0.4, -0.2) is 28.3 Å². The number of carbonyl (C=O) groups excluding carboxylic acids is 1. The van der Waals surface area contributed by atoms with E-state index in [1.165, 1.54) is 7.11 Å². The molecule has 0 fully saturated rings. The third kappa shape index (κ3) is 2.44. The molecule has 0 unspecified atom stereocenters. The lowest BCUT2D eigenvalue weighted by molar-refractivity contribution is -0.136. The van der Waals surface area contributed by atoms with Crippen molar-refractivity contribution < 1.29 is 9.53 Å². The quantitative estimate of drug-likeness (QED) is 0.813. The lowest BCUT2D eigenvalue weighted by Gasteiger charge is -2.20. The highest BCUT2D eigenvalue weighted by Crippen LogP contribution is 2.22. The Balaban J connectivity index is 2.94. The zero-order chi connectivity index (χ0) is 12.5. The maximum atomic E-state index is 12.0. The lowest BCUT2D eigenvalue weighted by Crippen LogP contribution is -2.35. The highest BCUT2D eigenvalue weighted by Gasteiger charge is 2.28. The molecule has 4 nitrogen and oxygen atoms in total. The number of aryl methyl sites for hydroxylation is 2. The first-order valence-electron chi connectivity index (χ1n) is 5.06. The Morgan fingerprint density at radius 2 is 2.12 bits per heavy atom. The molecule has 0 aliphatic rings. The van der Waals surface area contributed by atoms with Gasteiger partial charge < -0.3 is 4.74 Å². The van der Waals surface area contributed by atoms with Gasteiger partial charge in [-0.05, 0) is 20.8 Å². The van der Waals surface area contributed by atoms with Gasteiger partial charge in [-0.3, -0.25) is 9.48 Å². The van der Waals surface area contributed by atoms with Crippen molar-refractivity contribution in [1.29, 1.82) is 0 Å². The average Bonchev–Trinajstić information content (AvgIpc) is 2.45. The van der Waals surface area contributed by atoms with Gasteiger partial charge in [-0.25, -0.2) is 0 Å². The molecule has 0 aromatic carbocycles.